The highest BCUT2D eigenvalue weighted by Crippen LogP contribution is 2.17. The highest BCUT2D eigenvalue weighted by molar-refractivity contribution is 7.15. The summed E-state index contributed by atoms with van der Waals surface area (Å²) < 4.78 is 0.702. The molecule has 74 valence electrons. The van der Waals surface area contributed by atoms with Gasteiger partial charge in [0.1, 0.15) is 9.34 Å². The largest absolute Gasteiger partial charge is 0.392 e. The summed E-state index contributed by atoms with van der Waals surface area (Å²) >= 11 is 7.17. The molecule has 0 aromatic carbocycles. The number of aromatic nitrogens is 1. The predicted molar refractivity (Wildman–Crippen MR) is 55.1 cm³/mol. The van der Waals surface area contributed by atoms with Gasteiger partial charge in [0.25, 0.3) is 0 Å². The van der Waals surface area contributed by atoms with Gasteiger partial charge in [-0.3, -0.25) is 0 Å². The molecule has 1 atom stereocenters. The Bertz CT molecular complexity index is 254. The third-order valence-electron chi connectivity index (χ3n) is 1.65. The van der Waals surface area contributed by atoms with Crippen LogP contribution in [0, 0.1) is 0 Å². The summed E-state index contributed by atoms with van der Waals surface area (Å²) in [6.45, 7) is 3.23. The lowest BCUT2D eigenvalue weighted by Gasteiger charge is -2.07. The van der Waals surface area contributed by atoms with Crippen molar-refractivity contribution in [3.63, 3.8) is 0 Å². The first kappa shape index (κ1) is 10.9. The predicted octanol–water partition coefficient (Wildman–Crippen LogP) is 1.66. The molecule has 1 unspecified atom stereocenters. The van der Waals surface area contributed by atoms with Gasteiger partial charge in [0, 0.05) is 13.1 Å². The third-order valence-corrected chi connectivity index (χ3v) is 2.77. The van der Waals surface area contributed by atoms with Crippen molar-refractivity contribution in [2.24, 2.45) is 0 Å². The summed E-state index contributed by atoms with van der Waals surface area (Å²) in [5, 5.41) is 13.3. The van der Waals surface area contributed by atoms with Crippen molar-refractivity contribution in [3.8, 4) is 0 Å². The molecule has 1 heterocycles. The molecular formula is C8H13ClN2OS. The van der Waals surface area contributed by atoms with E-state index in [0.29, 0.717) is 17.4 Å². The molecule has 1 aromatic heterocycles. The zero-order valence-corrected chi connectivity index (χ0v) is 9.03. The van der Waals surface area contributed by atoms with Crippen LogP contribution in [0.25, 0.3) is 0 Å². The molecule has 0 saturated carbocycles. The van der Waals surface area contributed by atoms with Gasteiger partial charge in [0.2, 0.25) is 0 Å². The smallest absolute Gasteiger partial charge is 0.113 e. The molecule has 2 N–H and O–H groups in total. The maximum atomic E-state index is 9.24. The molecular weight excluding hydrogens is 208 g/mol. The van der Waals surface area contributed by atoms with Crippen molar-refractivity contribution in [1.82, 2.24) is 10.3 Å². The molecule has 0 amide bonds. The number of hydrogen-bond donors (Lipinski definition) is 2. The number of aliphatic hydroxyl groups excluding tert-OH is 1. The van der Waals surface area contributed by atoms with Crippen LogP contribution in [0.15, 0.2) is 6.20 Å². The Labute approximate surface area is 86.8 Å². The fraction of sp³-hybridized carbons (Fsp3) is 0.625. The van der Waals surface area contributed by atoms with Crippen molar-refractivity contribution >= 4 is 22.9 Å². The van der Waals surface area contributed by atoms with Crippen LogP contribution in [0.1, 0.15) is 18.4 Å². The summed E-state index contributed by atoms with van der Waals surface area (Å²) in [6, 6.07) is 0. The number of aliphatic hydroxyl groups is 1. The monoisotopic (exact) mass is 220 g/mol. The van der Waals surface area contributed by atoms with E-state index in [1.165, 1.54) is 11.3 Å². The van der Waals surface area contributed by atoms with Crippen LogP contribution in [-0.2, 0) is 6.54 Å². The number of rotatable bonds is 5. The number of hydrogen-bond acceptors (Lipinski definition) is 4. The van der Waals surface area contributed by atoms with Crippen LogP contribution in [0.3, 0.4) is 0 Å². The molecule has 1 aromatic rings. The molecule has 3 nitrogen and oxygen atoms in total. The molecule has 5 heteroatoms. The van der Waals surface area contributed by atoms with Gasteiger partial charge < -0.3 is 10.4 Å². The molecule has 0 radical (unpaired) electrons. The number of nitrogens with zero attached hydrogens (tertiary/aromatic N) is 1. The van der Waals surface area contributed by atoms with E-state index in [2.05, 4.69) is 10.3 Å². The Hall–Kier alpha value is -0.160. The molecule has 0 bridgehead atoms. The third kappa shape index (κ3) is 4.04. The Morgan fingerprint density at radius 1 is 1.77 bits per heavy atom. The lowest BCUT2D eigenvalue weighted by atomic mass is 10.3. The summed E-state index contributed by atoms with van der Waals surface area (Å²) in [4.78, 5) is 4.08. The number of thiazole rings is 1. The zero-order chi connectivity index (χ0) is 9.68. The van der Waals surface area contributed by atoms with E-state index in [9.17, 15) is 5.11 Å². The molecule has 0 aliphatic rings. The first-order valence-corrected chi connectivity index (χ1v) is 5.40. The van der Waals surface area contributed by atoms with Gasteiger partial charge in [0.15, 0.2) is 0 Å². The van der Waals surface area contributed by atoms with Crippen molar-refractivity contribution in [1.29, 1.82) is 0 Å². The molecule has 0 saturated heterocycles. The SMILES string of the molecule is CCC(O)CNCc1ncc(Cl)s1. The maximum absolute atomic E-state index is 9.24. The quantitative estimate of drug-likeness (QED) is 0.794. The molecule has 13 heavy (non-hydrogen) atoms. The van der Waals surface area contributed by atoms with E-state index >= 15 is 0 Å². The van der Waals surface area contributed by atoms with Gasteiger partial charge in [-0.1, -0.05) is 18.5 Å². The highest BCUT2D eigenvalue weighted by atomic mass is 35.5. The summed E-state index contributed by atoms with van der Waals surface area (Å²) in [5.41, 5.74) is 0. The topological polar surface area (TPSA) is 45.1 Å². The van der Waals surface area contributed by atoms with Crippen LogP contribution in [0.2, 0.25) is 4.34 Å². The second-order valence-corrected chi connectivity index (χ2v) is 4.50. The highest BCUT2D eigenvalue weighted by Gasteiger charge is 2.02. The van der Waals surface area contributed by atoms with Gasteiger partial charge in [-0.25, -0.2) is 4.98 Å². The van der Waals surface area contributed by atoms with E-state index in [-0.39, 0.29) is 6.10 Å². The van der Waals surface area contributed by atoms with Crippen LogP contribution in [0.5, 0.6) is 0 Å². The minimum Gasteiger partial charge on any atom is -0.392 e. The van der Waals surface area contributed by atoms with Crippen molar-refractivity contribution in [2.45, 2.75) is 26.0 Å². The normalized spacial score (nSPS) is 13.2. The van der Waals surface area contributed by atoms with Gasteiger partial charge in [0.05, 0.1) is 12.3 Å². The Morgan fingerprint density at radius 2 is 2.54 bits per heavy atom. The van der Waals surface area contributed by atoms with E-state index < -0.39 is 0 Å². The van der Waals surface area contributed by atoms with Gasteiger partial charge >= 0.3 is 0 Å². The Kier molecular flexibility index (Phi) is 4.66. The average Bonchev–Trinajstić information content (AvgIpc) is 2.51. The van der Waals surface area contributed by atoms with Gasteiger partial charge in [-0.2, -0.15) is 0 Å². The Morgan fingerprint density at radius 3 is 3.08 bits per heavy atom. The fourth-order valence-corrected chi connectivity index (χ4v) is 1.79. The van der Waals surface area contributed by atoms with Crippen molar-refractivity contribution in [2.75, 3.05) is 6.54 Å². The Balaban J connectivity index is 2.20. The van der Waals surface area contributed by atoms with Crippen LogP contribution in [-0.4, -0.2) is 22.7 Å². The second kappa shape index (κ2) is 5.54. The van der Waals surface area contributed by atoms with Crippen LogP contribution >= 0.6 is 22.9 Å². The summed E-state index contributed by atoms with van der Waals surface area (Å²) in [5.74, 6) is 0. The summed E-state index contributed by atoms with van der Waals surface area (Å²) in [6.07, 6.45) is 2.14. The maximum Gasteiger partial charge on any atom is 0.113 e. The first-order valence-electron chi connectivity index (χ1n) is 4.21. The standard InChI is InChI=1S/C8H13ClN2OS/c1-2-6(12)3-10-5-8-11-4-7(9)13-8/h4,6,10,12H,2-3,5H2,1H3. The van der Waals surface area contributed by atoms with E-state index in [4.69, 9.17) is 11.6 Å². The number of nitrogens with one attached hydrogen (secondary N) is 1. The molecule has 1 rings (SSSR count). The van der Waals surface area contributed by atoms with Gasteiger partial charge in [-0.15, -0.1) is 11.3 Å². The van der Waals surface area contributed by atoms with Crippen LogP contribution in [0.4, 0.5) is 0 Å². The molecule has 0 aliphatic heterocycles. The van der Waals surface area contributed by atoms with Crippen LogP contribution < -0.4 is 5.32 Å². The summed E-state index contributed by atoms with van der Waals surface area (Å²) in [7, 11) is 0. The van der Waals surface area contributed by atoms with Crippen molar-refractivity contribution in [3.05, 3.63) is 15.5 Å². The lowest BCUT2D eigenvalue weighted by Crippen LogP contribution is -2.25. The number of halogens is 1. The van der Waals surface area contributed by atoms with E-state index in [0.717, 1.165) is 11.4 Å². The van der Waals surface area contributed by atoms with Crippen molar-refractivity contribution < 1.29 is 5.11 Å². The van der Waals surface area contributed by atoms with E-state index in [1.54, 1.807) is 6.20 Å². The molecule has 0 fully saturated rings. The second-order valence-electron chi connectivity index (χ2n) is 2.75. The lowest BCUT2D eigenvalue weighted by molar-refractivity contribution is 0.167. The molecule has 0 aliphatic carbocycles. The fourth-order valence-electron chi connectivity index (χ4n) is 0.860. The first-order chi connectivity index (χ1) is 6.22. The minimum atomic E-state index is -0.268. The minimum absolute atomic E-state index is 0.268. The average molecular weight is 221 g/mol. The molecule has 0 spiro atoms. The zero-order valence-electron chi connectivity index (χ0n) is 7.46. The van der Waals surface area contributed by atoms with Gasteiger partial charge in [-0.05, 0) is 6.42 Å². The van der Waals surface area contributed by atoms with E-state index in [1.807, 2.05) is 6.92 Å².